The predicted molar refractivity (Wildman–Crippen MR) is 66.0 cm³/mol. The van der Waals surface area contributed by atoms with Crippen molar-refractivity contribution < 1.29 is 0 Å². The zero-order chi connectivity index (χ0) is 10.9. The number of hydrogen-bond donors (Lipinski definition) is 0. The number of hydrogen-bond acceptors (Lipinski definition) is 1. The summed E-state index contributed by atoms with van der Waals surface area (Å²) in [4.78, 5) is 2.66. The Morgan fingerprint density at radius 2 is 1.53 bits per heavy atom. The third kappa shape index (κ3) is 2.55. The molecule has 0 atom stereocenters. The third-order valence-electron chi connectivity index (χ3n) is 4.92. The van der Waals surface area contributed by atoms with E-state index in [0.717, 1.165) is 17.4 Å². The van der Waals surface area contributed by atoms with Gasteiger partial charge in [-0.05, 0) is 64.0 Å². The highest BCUT2D eigenvalue weighted by atomic mass is 15.2. The van der Waals surface area contributed by atoms with E-state index in [1.807, 2.05) is 0 Å². The van der Waals surface area contributed by atoms with Crippen LogP contribution in [0.3, 0.4) is 0 Å². The van der Waals surface area contributed by atoms with Crippen molar-refractivity contribution in [1.29, 1.82) is 0 Å². The van der Waals surface area contributed by atoms with E-state index in [1.165, 1.54) is 51.6 Å². The average molecular weight is 209 g/mol. The number of piperidine rings is 1. The molecule has 1 spiro atoms. The number of nitrogens with zero attached hydrogens (tertiary/aromatic N) is 1. The van der Waals surface area contributed by atoms with Crippen LogP contribution in [0, 0.1) is 11.3 Å². The minimum atomic E-state index is 0.755. The summed E-state index contributed by atoms with van der Waals surface area (Å²) in [5, 5.41) is 0. The molecule has 1 saturated heterocycles. The highest BCUT2D eigenvalue weighted by Crippen LogP contribution is 2.46. The smallest absolute Gasteiger partial charge is 0.00385 e. The second kappa shape index (κ2) is 4.45. The van der Waals surface area contributed by atoms with Gasteiger partial charge < -0.3 is 4.90 Å². The van der Waals surface area contributed by atoms with E-state index < -0.39 is 0 Å². The van der Waals surface area contributed by atoms with Gasteiger partial charge in [-0.15, -0.1) is 0 Å². The van der Waals surface area contributed by atoms with Crippen LogP contribution in [0.5, 0.6) is 0 Å². The third-order valence-corrected chi connectivity index (χ3v) is 4.92. The van der Waals surface area contributed by atoms with Gasteiger partial charge in [0.25, 0.3) is 0 Å². The van der Waals surface area contributed by atoms with Crippen LogP contribution in [-0.4, -0.2) is 24.0 Å². The number of rotatable bonds is 1. The van der Waals surface area contributed by atoms with Gasteiger partial charge in [0.05, 0.1) is 0 Å². The first-order valence-electron chi connectivity index (χ1n) is 6.85. The largest absolute Gasteiger partial charge is 0.301 e. The second-order valence-corrected chi connectivity index (χ2v) is 6.31. The molecular formula is C14H27N. The van der Waals surface area contributed by atoms with Gasteiger partial charge >= 0.3 is 0 Å². The van der Waals surface area contributed by atoms with E-state index in [1.54, 1.807) is 0 Å². The molecule has 2 aliphatic rings. The Balaban J connectivity index is 1.86. The van der Waals surface area contributed by atoms with E-state index in [2.05, 4.69) is 25.7 Å². The lowest BCUT2D eigenvalue weighted by Gasteiger charge is -2.46. The van der Waals surface area contributed by atoms with Crippen molar-refractivity contribution in [3.63, 3.8) is 0 Å². The fourth-order valence-corrected chi connectivity index (χ4v) is 3.39. The summed E-state index contributed by atoms with van der Waals surface area (Å²) in [5.41, 5.74) is 0.762. The molecule has 0 bridgehead atoms. The molecule has 88 valence electrons. The van der Waals surface area contributed by atoms with E-state index in [-0.39, 0.29) is 0 Å². The molecule has 1 heterocycles. The quantitative estimate of drug-likeness (QED) is 0.636. The summed E-state index contributed by atoms with van der Waals surface area (Å²) in [7, 11) is 0. The number of likely N-dealkylation sites (tertiary alicyclic amines) is 1. The summed E-state index contributed by atoms with van der Waals surface area (Å²) in [6.45, 7) is 9.80. The zero-order valence-electron chi connectivity index (χ0n) is 10.8. The first-order valence-corrected chi connectivity index (χ1v) is 6.85. The Morgan fingerprint density at radius 1 is 1.00 bits per heavy atom. The summed E-state index contributed by atoms with van der Waals surface area (Å²) >= 11 is 0. The van der Waals surface area contributed by atoms with E-state index in [9.17, 15) is 0 Å². The predicted octanol–water partition coefficient (Wildman–Crippen LogP) is 3.69. The van der Waals surface area contributed by atoms with Gasteiger partial charge in [0.1, 0.15) is 0 Å². The molecule has 1 nitrogen and oxygen atoms in total. The fraction of sp³-hybridized carbons (Fsp3) is 1.00. The maximum Gasteiger partial charge on any atom is 0.00385 e. The molecule has 0 radical (unpaired) electrons. The van der Waals surface area contributed by atoms with Gasteiger partial charge in [0.2, 0.25) is 0 Å². The summed E-state index contributed by atoms with van der Waals surface area (Å²) in [6.07, 6.45) is 8.94. The molecule has 1 aliphatic carbocycles. The summed E-state index contributed by atoms with van der Waals surface area (Å²) < 4.78 is 0. The van der Waals surface area contributed by atoms with Crippen molar-refractivity contribution >= 4 is 0 Å². The van der Waals surface area contributed by atoms with Crippen molar-refractivity contribution in [2.75, 3.05) is 13.1 Å². The van der Waals surface area contributed by atoms with E-state index >= 15 is 0 Å². The minimum absolute atomic E-state index is 0.755. The second-order valence-electron chi connectivity index (χ2n) is 6.31. The van der Waals surface area contributed by atoms with Crippen LogP contribution in [0.1, 0.15) is 59.3 Å². The van der Waals surface area contributed by atoms with Crippen molar-refractivity contribution in [2.45, 2.75) is 65.3 Å². The molecule has 15 heavy (non-hydrogen) atoms. The van der Waals surface area contributed by atoms with E-state index in [0.29, 0.717) is 0 Å². The van der Waals surface area contributed by atoms with Crippen molar-refractivity contribution in [3.05, 3.63) is 0 Å². The Bertz CT molecular complexity index is 191. The van der Waals surface area contributed by atoms with Gasteiger partial charge in [-0.3, -0.25) is 0 Å². The molecule has 1 saturated carbocycles. The molecule has 2 rings (SSSR count). The van der Waals surface area contributed by atoms with Gasteiger partial charge in [-0.1, -0.05) is 19.8 Å². The van der Waals surface area contributed by atoms with Crippen molar-refractivity contribution in [3.8, 4) is 0 Å². The Hall–Kier alpha value is -0.0400. The lowest BCUT2D eigenvalue weighted by Crippen LogP contribution is -2.44. The molecule has 0 amide bonds. The van der Waals surface area contributed by atoms with Crippen LogP contribution in [-0.2, 0) is 0 Å². The molecule has 0 N–H and O–H groups in total. The summed E-state index contributed by atoms with van der Waals surface area (Å²) in [5.74, 6) is 0.999. The first kappa shape index (κ1) is 11.4. The lowest BCUT2D eigenvalue weighted by molar-refractivity contribution is 0.0420. The van der Waals surface area contributed by atoms with Crippen LogP contribution in [0.15, 0.2) is 0 Å². The molecule has 0 unspecified atom stereocenters. The highest BCUT2D eigenvalue weighted by Gasteiger charge is 2.37. The van der Waals surface area contributed by atoms with Gasteiger partial charge in [0.15, 0.2) is 0 Å². The van der Waals surface area contributed by atoms with Gasteiger partial charge in [-0.2, -0.15) is 0 Å². The van der Waals surface area contributed by atoms with Crippen LogP contribution in [0.2, 0.25) is 0 Å². The maximum absolute atomic E-state index is 2.66. The molecule has 1 aliphatic heterocycles. The zero-order valence-corrected chi connectivity index (χ0v) is 10.8. The fourth-order valence-electron chi connectivity index (χ4n) is 3.39. The van der Waals surface area contributed by atoms with Gasteiger partial charge in [0, 0.05) is 6.04 Å². The minimum Gasteiger partial charge on any atom is -0.301 e. The van der Waals surface area contributed by atoms with Crippen LogP contribution < -0.4 is 0 Å². The summed E-state index contributed by atoms with van der Waals surface area (Å²) in [6, 6.07) is 0.755. The molecule has 0 aromatic heterocycles. The normalized spacial score (nSPS) is 28.8. The Morgan fingerprint density at radius 3 is 2.00 bits per heavy atom. The highest BCUT2D eigenvalue weighted by molar-refractivity contribution is 4.90. The Kier molecular flexibility index (Phi) is 3.39. The van der Waals surface area contributed by atoms with Gasteiger partial charge in [-0.25, -0.2) is 0 Å². The standard InChI is InChI=1S/C14H27N/c1-12(2)15-10-8-14(9-11-15)6-4-13(3)5-7-14/h12-13H,4-11H2,1-3H3. The molecular weight excluding hydrogens is 182 g/mol. The van der Waals surface area contributed by atoms with Crippen molar-refractivity contribution in [1.82, 2.24) is 4.90 Å². The van der Waals surface area contributed by atoms with E-state index in [4.69, 9.17) is 0 Å². The average Bonchev–Trinajstić information content (AvgIpc) is 2.24. The van der Waals surface area contributed by atoms with Crippen molar-refractivity contribution in [2.24, 2.45) is 11.3 Å². The maximum atomic E-state index is 2.66. The SMILES string of the molecule is CC1CCC2(CC1)CCN(C(C)C)CC2. The lowest BCUT2D eigenvalue weighted by atomic mass is 9.66. The molecule has 0 aromatic rings. The molecule has 1 heteroatoms. The Labute approximate surface area is 95.2 Å². The topological polar surface area (TPSA) is 3.24 Å². The van der Waals surface area contributed by atoms with Crippen LogP contribution >= 0.6 is 0 Å². The first-order chi connectivity index (χ1) is 7.11. The molecule has 0 aromatic carbocycles. The van der Waals surface area contributed by atoms with Crippen LogP contribution in [0.4, 0.5) is 0 Å². The molecule has 2 fully saturated rings. The monoisotopic (exact) mass is 209 g/mol. The van der Waals surface area contributed by atoms with Crippen LogP contribution in [0.25, 0.3) is 0 Å².